The molecule has 2 N–H and O–H groups in total. The number of esters is 2. The van der Waals surface area contributed by atoms with E-state index in [2.05, 4.69) is 77.5 Å². The van der Waals surface area contributed by atoms with Gasteiger partial charge in [0, 0.05) is 23.9 Å². The van der Waals surface area contributed by atoms with Crippen molar-refractivity contribution in [3.8, 4) is 0 Å². The minimum Gasteiger partial charge on any atom is -0.465 e. The van der Waals surface area contributed by atoms with E-state index in [0.29, 0.717) is 28.7 Å². The Morgan fingerprint density at radius 3 is 1.90 bits per heavy atom. The van der Waals surface area contributed by atoms with Gasteiger partial charge in [-0.2, -0.15) is 0 Å². The summed E-state index contributed by atoms with van der Waals surface area (Å²) >= 11 is 0. The second-order valence-electron chi connectivity index (χ2n) is 13.9. The summed E-state index contributed by atoms with van der Waals surface area (Å²) in [6.45, 7) is 0.860. The number of rotatable bonds is 8. The van der Waals surface area contributed by atoms with Crippen LogP contribution >= 0.6 is 0 Å². The number of hydrogen-bond donors (Lipinski definition) is 1. The molecule has 0 saturated heterocycles. The monoisotopic (exact) mass is 670 g/mol. The lowest BCUT2D eigenvalue weighted by Gasteiger charge is -2.23. The summed E-state index contributed by atoms with van der Waals surface area (Å²) in [6.07, 6.45) is 15.5. The van der Waals surface area contributed by atoms with E-state index in [-0.39, 0.29) is 11.9 Å². The van der Waals surface area contributed by atoms with Crippen LogP contribution < -0.4 is 5.73 Å². The summed E-state index contributed by atoms with van der Waals surface area (Å²) in [5.41, 5.74) is 14.8. The highest BCUT2D eigenvalue weighted by Crippen LogP contribution is 2.35. The molecule has 5 aromatic rings. The summed E-state index contributed by atoms with van der Waals surface area (Å²) in [6, 6.07) is 31.5. The molecule has 0 aliphatic heterocycles. The Labute approximate surface area is 296 Å². The number of anilines is 1. The maximum Gasteiger partial charge on any atom is 0.339 e. The molecule has 0 bridgehead atoms. The van der Waals surface area contributed by atoms with Gasteiger partial charge in [0.15, 0.2) is 0 Å². The first-order valence-electron chi connectivity index (χ1n) is 18.2. The largest absolute Gasteiger partial charge is 0.465 e. The van der Waals surface area contributed by atoms with E-state index in [4.69, 9.17) is 15.2 Å². The van der Waals surface area contributed by atoms with Crippen molar-refractivity contribution in [1.82, 2.24) is 4.57 Å². The smallest absolute Gasteiger partial charge is 0.339 e. The molecule has 0 spiro atoms. The number of methoxy groups -OCH3 is 2. The summed E-state index contributed by atoms with van der Waals surface area (Å²) in [4.78, 5) is 24.2. The molecule has 0 amide bonds. The molecular weight excluding hydrogens is 620 g/mol. The Morgan fingerprint density at radius 1 is 0.660 bits per heavy atom. The molecule has 2 aliphatic rings. The lowest BCUT2D eigenvalue weighted by molar-refractivity contribution is 0.0591. The predicted octanol–water partition coefficient (Wildman–Crippen LogP) is 10.2. The molecule has 0 radical (unpaired) electrons. The number of nitrogen functional groups attached to an aromatic ring is 1. The van der Waals surface area contributed by atoms with Crippen LogP contribution in [0.3, 0.4) is 0 Å². The fraction of sp³-hybridized carbons (Fsp3) is 0.364. The number of benzene rings is 4. The molecule has 0 atom stereocenters. The van der Waals surface area contributed by atoms with Crippen molar-refractivity contribution in [2.75, 3.05) is 20.0 Å². The predicted molar refractivity (Wildman–Crippen MR) is 202 cm³/mol. The van der Waals surface area contributed by atoms with Crippen LogP contribution in [0.5, 0.6) is 0 Å². The van der Waals surface area contributed by atoms with Crippen molar-refractivity contribution in [2.24, 2.45) is 0 Å². The van der Waals surface area contributed by atoms with E-state index in [0.717, 1.165) is 18.5 Å². The second-order valence-corrected chi connectivity index (χ2v) is 13.9. The van der Waals surface area contributed by atoms with Gasteiger partial charge in [-0.1, -0.05) is 93.1 Å². The second kappa shape index (κ2) is 16.7. The normalized spacial score (nSPS) is 15.2. The molecule has 260 valence electrons. The standard InChI is InChI=1S/C30H31NO2.C14H19NO2/c1-33-30(32)28-20-25(24-10-6-3-7-11-24)13-14-26(28)18-23-12-15-29-27(19-23)16-17-31(29)21-22-8-4-2-5-9-22;1-17-14(16)12-9-11(7-8-13(12)15)10-5-3-2-4-6-10/h2,4-5,8-9,12-17,19-20,24H,3,6-7,10-11,18,21H2,1H3;7-10H,2-6,15H2,1H3. The van der Waals surface area contributed by atoms with Crippen molar-refractivity contribution in [3.05, 3.63) is 136 Å². The molecular formula is C44H50N2O4. The number of carbonyl (C=O) groups excluding carboxylic acids is 2. The number of nitrogens with zero attached hydrogens (tertiary/aromatic N) is 1. The first-order chi connectivity index (χ1) is 24.4. The van der Waals surface area contributed by atoms with Crippen molar-refractivity contribution in [2.45, 2.75) is 89.0 Å². The van der Waals surface area contributed by atoms with Crippen LogP contribution in [0.15, 0.2) is 97.2 Å². The van der Waals surface area contributed by atoms with Gasteiger partial charge in [-0.15, -0.1) is 0 Å². The fourth-order valence-electron chi connectivity index (χ4n) is 7.79. The summed E-state index contributed by atoms with van der Waals surface area (Å²) in [5, 5.41) is 1.22. The van der Waals surface area contributed by atoms with Crippen LogP contribution in [0.4, 0.5) is 5.69 Å². The number of carbonyl (C=O) groups is 2. The fourth-order valence-corrected chi connectivity index (χ4v) is 7.79. The van der Waals surface area contributed by atoms with Gasteiger partial charge < -0.3 is 19.8 Å². The van der Waals surface area contributed by atoms with Crippen molar-refractivity contribution in [3.63, 3.8) is 0 Å². The summed E-state index contributed by atoms with van der Waals surface area (Å²) in [5.74, 6) is 0.558. The molecule has 2 fully saturated rings. The first kappa shape index (κ1) is 35.0. The summed E-state index contributed by atoms with van der Waals surface area (Å²) < 4.78 is 12.2. The average Bonchev–Trinajstić information content (AvgIpc) is 3.57. The average molecular weight is 671 g/mol. The maximum atomic E-state index is 12.6. The molecule has 2 aliphatic carbocycles. The number of ether oxygens (including phenoxy) is 2. The van der Waals surface area contributed by atoms with E-state index in [9.17, 15) is 9.59 Å². The van der Waals surface area contributed by atoms with Crippen LogP contribution in [-0.2, 0) is 22.4 Å². The number of nitrogens with two attached hydrogens (primary N) is 1. The number of hydrogen-bond acceptors (Lipinski definition) is 5. The van der Waals surface area contributed by atoms with Crippen molar-refractivity contribution in [1.29, 1.82) is 0 Å². The van der Waals surface area contributed by atoms with E-state index in [1.165, 1.54) is 112 Å². The van der Waals surface area contributed by atoms with Crippen molar-refractivity contribution >= 4 is 28.5 Å². The molecule has 0 unspecified atom stereocenters. The molecule has 6 heteroatoms. The Morgan fingerprint density at radius 2 is 1.26 bits per heavy atom. The molecule has 7 rings (SSSR count). The topological polar surface area (TPSA) is 83.5 Å². The third kappa shape index (κ3) is 8.47. The van der Waals surface area contributed by atoms with Crippen molar-refractivity contribution < 1.29 is 19.1 Å². The maximum absolute atomic E-state index is 12.6. The van der Waals surface area contributed by atoms with Gasteiger partial charge in [-0.3, -0.25) is 0 Å². The Balaban J connectivity index is 0.000000214. The molecule has 1 aromatic heterocycles. The lowest BCUT2D eigenvalue weighted by Crippen LogP contribution is -2.10. The lowest BCUT2D eigenvalue weighted by atomic mass is 9.82. The highest BCUT2D eigenvalue weighted by Gasteiger charge is 2.21. The first-order valence-corrected chi connectivity index (χ1v) is 18.2. The van der Waals surface area contributed by atoms with Crippen LogP contribution in [0.25, 0.3) is 10.9 Å². The molecule has 50 heavy (non-hydrogen) atoms. The Bertz CT molecular complexity index is 1900. The van der Waals surface area contributed by atoms with Crippen LogP contribution in [0, 0.1) is 0 Å². The van der Waals surface area contributed by atoms with Gasteiger partial charge in [0.25, 0.3) is 0 Å². The van der Waals surface area contributed by atoms with Crippen LogP contribution in [0.1, 0.15) is 125 Å². The van der Waals surface area contributed by atoms with Gasteiger partial charge in [0.2, 0.25) is 0 Å². The van der Waals surface area contributed by atoms with Gasteiger partial charge in [-0.05, 0) is 114 Å². The third-order valence-corrected chi connectivity index (χ3v) is 10.6. The van der Waals surface area contributed by atoms with Crippen LogP contribution in [0.2, 0.25) is 0 Å². The zero-order valence-electron chi connectivity index (χ0n) is 29.5. The zero-order chi connectivity index (χ0) is 34.9. The third-order valence-electron chi connectivity index (χ3n) is 10.6. The molecule has 2 saturated carbocycles. The van der Waals surface area contributed by atoms with Crippen LogP contribution in [-0.4, -0.2) is 30.7 Å². The zero-order valence-corrected chi connectivity index (χ0v) is 29.5. The van der Waals surface area contributed by atoms with Gasteiger partial charge >= 0.3 is 11.9 Å². The minimum atomic E-state index is -0.347. The van der Waals surface area contributed by atoms with E-state index >= 15 is 0 Å². The number of fused-ring (bicyclic) bond motifs is 1. The molecule has 6 nitrogen and oxygen atoms in total. The Kier molecular flexibility index (Phi) is 11.7. The molecule has 1 heterocycles. The Hall–Kier alpha value is -4.84. The summed E-state index contributed by atoms with van der Waals surface area (Å²) in [7, 11) is 2.86. The highest BCUT2D eigenvalue weighted by atomic mass is 16.5. The molecule has 4 aromatic carbocycles. The van der Waals surface area contributed by atoms with E-state index < -0.39 is 0 Å². The van der Waals surface area contributed by atoms with E-state index in [1.807, 2.05) is 24.3 Å². The SMILES string of the molecule is COC(=O)c1cc(C2CCCCC2)ccc1Cc1ccc2c(ccn2Cc2ccccc2)c1.COC(=O)c1cc(C2CCCCC2)ccc1N. The quantitative estimate of drug-likeness (QED) is 0.131. The van der Waals surface area contributed by atoms with E-state index in [1.54, 1.807) is 0 Å². The highest BCUT2D eigenvalue weighted by molar-refractivity contribution is 5.95. The van der Waals surface area contributed by atoms with Gasteiger partial charge in [-0.25, -0.2) is 9.59 Å². The van der Waals surface area contributed by atoms with Gasteiger partial charge in [0.1, 0.15) is 0 Å². The van der Waals surface area contributed by atoms with Gasteiger partial charge in [0.05, 0.1) is 25.3 Å². The minimum absolute atomic E-state index is 0.238. The number of aromatic nitrogens is 1.